The van der Waals surface area contributed by atoms with E-state index in [2.05, 4.69) is 4.74 Å². The molecule has 0 heterocycles. The standard InChI is InChI=1S/C7H5ClO4S/c8-13(10,11)7-3-1-6(2-4-7)12-5-9/h1-5H. The summed E-state index contributed by atoms with van der Waals surface area (Å²) in [7, 11) is 1.34. The van der Waals surface area contributed by atoms with Gasteiger partial charge in [-0.05, 0) is 24.3 Å². The summed E-state index contributed by atoms with van der Waals surface area (Å²) in [5.74, 6) is 0.263. The second-order valence-electron chi connectivity index (χ2n) is 2.12. The molecule has 0 aromatic heterocycles. The summed E-state index contributed by atoms with van der Waals surface area (Å²) in [5, 5.41) is 0. The van der Waals surface area contributed by atoms with Crippen molar-refractivity contribution in [2.45, 2.75) is 4.90 Å². The van der Waals surface area contributed by atoms with Crippen LogP contribution in [0.4, 0.5) is 0 Å². The maximum Gasteiger partial charge on any atom is 0.298 e. The minimum atomic E-state index is -3.71. The fraction of sp³-hybridized carbons (Fsp3) is 0. The van der Waals surface area contributed by atoms with Crippen molar-refractivity contribution in [2.75, 3.05) is 0 Å². The summed E-state index contributed by atoms with van der Waals surface area (Å²) in [5.41, 5.74) is 0. The van der Waals surface area contributed by atoms with Crippen molar-refractivity contribution in [1.82, 2.24) is 0 Å². The molecule has 1 rings (SSSR count). The van der Waals surface area contributed by atoms with Gasteiger partial charge in [-0.25, -0.2) is 8.42 Å². The van der Waals surface area contributed by atoms with Crippen LogP contribution in [0.2, 0.25) is 0 Å². The molecular weight excluding hydrogens is 216 g/mol. The smallest absolute Gasteiger partial charge is 0.298 e. The number of ether oxygens (including phenoxy) is 1. The Hall–Kier alpha value is -1.07. The fourth-order valence-corrected chi connectivity index (χ4v) is 1.51. The molecule has 6 heteroatoms. The molecule has 0 fully saturated rings. The maximum atomic E-state index is 10.8. The minimum absolute atomic E-state index is 0.0348. The van der Waals surface area contributed by atoms with Gasteiger partial charge < -0.3 is 4.74 Å². The highest BCUT2D eigenvalue weighted by Crippen LogP contribution is 2.18. The van der Waals surface area contributed by atoms with Gasteiger partial charge >= 0.3 is 0 Å². The van der Waals surface area contributed by atoms with Gasteiger partial charge in [-0.2, -0.15) is 0 Å². The quantitative estimate of drug-likeness (QED) is 0.566. The third-order valence-corrected chi connectivity index (χ3v) is 2.66. The highest BCUT2D eigenvalue weighted by molar-refractivity contribution is 8.13. The lowest BCUT2D eigenvalue weighted by Gasteiger charge is -1.98. The average molecular weight is 221 g/mol. The highest BCUT2D eigenvalue weighted by atomic mass is 35.7. The Morgan fingerprint density at radius 2 is 1.77 bits per heavy atom. The van der Waals surface area contributed by atoms with Gasteiger partial charge in [0.05, 0.1) is 4.90 Å². The average Bonchev–Trinajstić information content (AvgIpc) is 2.04. The summed E-state index contributed by atoms with van der Waals surface area (Å²) in [6.45, 7) is 0.254. The zero-order valence-corrected chi connectivity index (χ0v) is 7.88. The van der Waals surface area contributed by atoms with Crippen molar-refractivity contribution in [3.05, 3.63) is 24.3 Å². The van der Waals surface area contributed by atoms with Gasteiger partial charge in [-0.1, -0.05) is 0 Å². The second-order valence-corrected chi connectivity index (χ2v) is 4.69. The zero-order valence-electron chi connectivity index (χ0n) is 6.31. The Bertz CT molecular complexity index is 395. The van der Waals surface area contributed by atoms with E-state index in [1.54, 1.807) is 0 Å². The lowest BCUT2D eigenvalue weighted by atomic mass is 10.3. The van der Waals surface area contributed by atoms with Crippen LogP contribution in [0.5, 0.6) is 5.75 Å². The molecule has 1 aromatic rings. The molecule has 0 atom stereocenters. The number of halogens is 1. The van der Waals surface area contributed by atoms with Crippen LogP contribution in [0.3, 0.4) is 0 Å². The molecule has 0 bridgehead atoms. The topological polar surface area (TPSA) is 60.4 Å². The van der Waals surface area contributed by atoms with Crippen LogP contribution in [0, 0.1) is 0 Å². The van der Waals surface area contributed by atoms with Crippen LogP contribution in [-0.4, -0.2) is 14.9 Å². The third-order valence-electron chi connectivity index (χ3n) is 1.29. The van der Waals surface area contributed by atoms with Crippen LogP contribution < -0.4 is 4.74 Å². The van der Waals surface area contributed by atoms with E-state index in [0.29, 0.717) is 0 Å². The summed E-state index contributed by atoms with van der Waals surface area (Å²) < 4.78 is 26.0. The van der Waals surface area contributed by atoms with Gasteiger partial charge in [0.25, 0.3) is 15.5 Å². The normalized spacial score (nSPS) is 10.8. The molecule has 0 aliphatic carbocycles. The molecule has 0 radical (unpaired) electrons. The molecule has 70 valence electrons. The van der Waals surface area contributed by atoms with Crippen molar-refractivity contribution in [3.8, 4) is 5.75 Å². The van der Waals surface area contributed by atoms with Crippen LogP contribution in [-0.2, 0) is 13.8 Å². The number of hydrogen-bond donors (Lipinski definition) is 0. The first-order valence-corrected chi connectivity index (χ1v) is 5.50. The number of hydrogen-bond acceptors (Lipinski definition) is 4. The number of carbonyl (C=O) groups excluding carboxylic acids is 1. The van der Waals surface area contributed by atoms with Crippen molar-refractivity contribution in [2.24, 2.45) is 0 Å². The molecular formula is C7H5ClO4S. The molecule has 0 aliphatic heterocycles. The molecule has 0 aliphatic rings. The van der Waals surface area contributed by atoms with Crippen molar-refractivity contribution in [3.63, 3.8) is 0 Å². The lowest BCUT2D eigenvalue weighted by Crippen LogP contribution is -1.92. The summed E-state index contributed by atoms with van der Waals surface area (Å²) in [6, 6.07) is 5.18. The first-order valence-electron chi connectivity index (χ1n) is 3.19. The molecule has 0 amide bonds. The highest BCUT2D eigenvalue weighted by Gasteiger charge is 2.08. The van der Waals surface area contributed by atoms with E-state index >= 15 is 0 Å². The third kappa shape index (κ3) is 2.71. The zero-order chi connectivity index (χ0) is 9.90. The Morgan fingerprint density at radius 1 is 1.23 bits per heavy atom. The second kappa shape index (κ2) is 3.76. The van der Waals surface area contributed by atoms with E-state index in [9.17, 15) is 13.2 Å². The number of benzene rings is 1. The van der Waals surface area contributed by atoms with Crippen LogP contribution in [0.25, 0.3) is 0 Å². The van der Waals surface area contributed by atoms with Gasteiger partial charge in [0.1, 0.15) is 5.75 Å². The van der Waals surface area contributed by atoms with E-state index in [1.807, 2.05) is 0 Å². The van der Waals surface area contributed by atoms with Crippen LogP contribution >= 0.6 is 10.7 Å². The summed E-state index contributed by atoms with van der Waals surface area (Å²) in [4.78, 5) is 9.85. The van der Waals surface area contributed by atoms with E-state index < -0.39 is 9.05 Å². The van der Waals surface area contributed by atoms with E-state index in [0.717, 1.165) is 0 Å². The van der Waals surface area contributed by atoms with Gasteiger partial charge in [0.15, 0.2) is 0 Å². The van der Waals surface area contributed by atoms with Gasteiger partial charge in [0.2, 0.25) is 0 Å². The van der Waals surface area contributed by atoms with Crippen molar-refractivity contribution < 1.29 is 17.9 Å². The van der Waals surface area contributed by atoms with Crippen molar-refractivity contribution >= 4 is 26.2 Å². The molecule has 0 saturated heterocycles. The first kappa shape index (κ1) is 10.0. The first-order chi connectivity index (χ1) is 6.04. The van der Waals surface area contributed by atoms with E-state index in [4.69, 9.17) is 10.7 Å². The van der Waals surface area contributed by atoms with Crippen LogP contribution in [0.15, 0.2) is 29.2 Å². The van der Waals surface area contributed by atoms with Gasteiger partial charge in [-0.15, -0.1) is 0 Å². The SMILES string of the molecule is O=COc1ccc(S(=O)(=O)Cl)cc1. The lowest BCUT2D eigenvalue weighted by molar-refractivity contribution is -0.120. The summed E-state index contributed by atoms with van der Waals surface area (Å²) in [6.07, 6.45) is 0. The molecule has 13 heavy (non-hydrogen) atoms. The Morgan fingerprint density at radius 3 is 2.15 bits per heavy atom. The predicted octanol–water partition coefficient (Wildman–Crippen LogP) is 1.15. The molecule has 1 aromatic carbocycles. The van der Waals surface area contributed by atoms with Crippen LogP contribution in [0.1, 0.15) is 0 Å². The Kier molecular flexibility index (Phi) is 2.90. The van der Waals surface area contributed by atoms with E-state index in [1.165, 1.54) is 24.3 Å². The predicted molar refractivity (Wildman–Crippen MR) is 46.2 cm³/mol. The monoisotopic (exact) mass is 220 g/mol. The summed E-state index contributed by atoms with van der Waals surface area (Å²) >= 11 is 0. The fourth-order valence-electron chi connectivity index (χ4n) is 0.736. The van der Waals surface area contributed by atoms with Gasteiger partial charge in [-0.3, -0.25) is 4.79 Å². The Balaban J connectivity index is 3.01. The molecule has 4 nitrogen and oxygen atoms in total. The molecule has 0 unspecified atom stereocenters. The maximum absolute atomic E-state index is 10.8. The largest absolute Gasteiger partial charge is 0.429 e. The molecule has 0 spiro atoms. The van der Waals surface area contributed by atoms with Gasteiger partial charge in [0, 0.05) is 10.7 Å². The molecule has 0 N–H and O–H groups in total. The Labute approximate surface area is 79.5 Å². The number of carbonyl (C=O) groups is 1. The number of rotatable bonds is 3. The minimum Gasteiger partial charge on any atom is -0.429 e. The van der Waals surface area contributed by atoms with E-state index in [-0.39, 0.29) is 17.1 Å². The molecule has 0 saturated carbocycles. The van der Waals surface area contributed by atoms with Crippen molar-refractivity contribution in [1.29, 1.82) is 0 Å².